The third-order valence-electron chi connectivity index (χ3n) is 2.82. The predicted octanol–water partition coefficient (Wildman–Crippen LogP) is 3.28. The number of hydrogen-bond acceptors (Lipinski definition) is 2. The molecular weight excluding hydrogens is 180 g/mol. The van der Waals surface area contributed by atoms with E-state index in [1.807, 2.05) is 0 Å². The van der Waals surface area contributed by atoms with E-state index in [0.29, 0.717) is 11.7 Å². The Balaban J connectivity index is 2.17. The molecule has 0 bridgehead atoms. The number of carbonyl (C=O) groups excluding carboxylic acids is 1. The van der Waals surface area contributed by atoms with E-state index in [1.165, 1.54) is 16.9 Å². The molecule has 0 N–H and O–H groups in total. The second kappa shape index (κ2) is 3.62. The van der Waals surface area contributed by atoms with Gasteiger partial charge in [-0.3, -0.25) is 4.79 Å². The molecule has 1 fully saturated rings. The van der Waals surface area contributed by atoms with Crippen LogP contribution in [0.5, 0.6) is 0 Å². The molecule has 2 heteroatoms. The molecular formula is C11H14OS. The first-order valence-corrected chi connectivity index (χ1v) is 5.71. The number of carbonyl (C=O) groups is 1. The summed E-state index contributed by atoms with van der Waals surface area (Å²) in [5.74, 6) is 0.967. The number of thiophene rings is 1. The number of aryl methyl sites for hydroxylation is 1. The van der Waals surface area contributed by atoms with Crippen molar-refractivity contribution in [3.8, 4) is 0 Å². The van der Waals surface area contributed by atoms with Crippen LogP contribution in [-0.4, -0.2) is 5.78 Å². The van der Waals surface area contributed by atoms with Crippen molar-refractivity contribution in [1.82, 2.24) is 0 Å². The normalized spacial score (nSPS) is 23.5. The van der Waals surface area contributed by atoms with Crippen molar-refractivity contribution in [3.05, 3.63) is 21.9 Å². The van der Waals surface area contributed by atoms with Crippen LogP contribution < -0.4 is 0 Å². The third kappa shape index (κ3) is 1.83. The van der Waals surface area contributed by atoms with Gasteiger partial charge in [0.1, 0.15) is 5.78 Å². The molecule has 13 heavy (non-hydrogen) atoms. The van der Waals surface area contributed by atoms with Gasteiger partial charge in [-0.05, 0) is 42.7 Å². The minimum atomic E-state index is 0.446. The Morgan fingerprint density at radius 1 is 1.54 bits per heavy atom. The fourth-order valence-electron chi connectivity index (χ4n) is 2.11. The Labute approximate surface area is 82.8 Å². The summed E-state index contributed by atoms with van der Waals surface area (Å²) in [5, 5.41) is 2.13. The van der Waals surface area contributed by atoms with Crippen molar-refractivity contribution < 1.29 is 4.79 Å². The molecule has 1 aromatic heterocycles. The molecule has 0 radical (unpaired) electrons. The first-order valence-electron chi connectivity index (χ1n) is 4.83. The molecule has 1 nitrogen and oxygen atoms in total. The first kappa shape index (κ1) is 8.95. The molecule has 0 aliphatic heterocycles. The highest BCUT2D eigenvalue weighted by Crippen LogP contribution is 2.34. The van der Waals surface area contributed by atoms with Gasteiger partial charge in [0.05, 0.1) is 0 Å². The van der Waals surface area contributed by atoms with Crippen LogP contribution in [0, 0.1) is 6.92 Å². The summed E-state index contributed by atoms with van der Waals surface area (Å²) in [7, 11) is 0. The number of Topliss-reactive ketones (excluding diaryl/α,β-unsaturated/α-hetero) is 1. The molecule has 0 saturated heterocycles. The molecule has 0 spiro atoms. The zero-order valence-corrected chi connectivity index (χ0v) is 8.69. The van der Waals surface area contributed by atoms with E-state index in [2.05, 4.69) is 18.4 Å². The van der Waals surface area contributed by atoms with Crippen molar-refractivity contribution in [3.63, 3.8) is 0 Å². The van der Waals surface area contributed by atoms with Crippen LogP contribution >= 0.6 is 11.3 Å². The van der Waals surface area contributed by atoms with E-state index in [1.54, 1.807) is 11.3 Å². The lowest BCUT2D eigenvalue weighted by atomic mass is 9.84. The fraction of sp³-hybridized carbons (Fsp3) is 0.545. The van der Waals surface area contributed by atoms with E-state index in [-0.39, 0.29) is 0 Å². The Bertz CT molecular complexity index is 314. The third-order valence-corrected chi connectivity index (χ3v) is 3.68. The van der Waals surface area contributed by atoms with Crippen LogP contribution in [0.2, 0.25) is 0 Å². The molecule has 1 heterocycles. The second-order valence-electron chi connectivity index (χ2n) is 3.76. The highest BCUT2D eigenvalue weighted by molar-refractivity contribution is 7.10. The lowest BCUT2D eigenvalue weighted by molar-refractivity contribution is -0.120. The van der Waals surface area contributed by atoms with Gasteiger partial charge < -0.3 is 0 Å². The summed E-state index contributed by atoms with van der Waals surface area (Å²) < 4.78 is 0. The van der Waals surface area contributed by atoms with Gasteiger partial charge in [0, 0.05) is 17.7 Å². The highest BCUT2D eigenvalue weighted by Gasteiger charge is 2.22. The number of rotatable bonds is 1. The number of ketones is 1. The van der Waals surface area contributed by atoms with Crippen molar-refractivity contribution in [2.45, 2.75) is 38.5 Å². The van der Waals surface area contributed by atoms with Crippen molar-refractivity contribution in [2.75, 3.05) is 0 Å². The first-order chi connectivity index (χ1) is 6.27. The van der Waals surface area contributed by atoms with Gasteiger partial charge in [-0.15, -0.1) is 11.3 Å². The molecule has 0 amide bonds. The maximum atomic E-state index is 11.3. The van der Waals surface area contributed by atoms with Gasteiger partial charge in [-0.1, -0.05) is 0 Å². The summed E-state index contributed by atoms with van der Waals surface area (Å²) in [6, 6.07) is 2.18. The van der Waals surface area contributed by atoms with E-state index in [9.17, 15) is 4.79 Å². The minimum Gasteiger partial charge on any atom is -0.300 e. The summed E-state index contributed by atoms with van der Waals surface area (Å²) >= 11 is 1.79. The fourth-order valence-corrected chi connectivity index (χ4v) is 2.90. The van der Waals surface area contributed by atoms with Crippen LogP contribution in [0.3, 0.4) is 0 Å². The molecule has 1 aromatic rings. The van der Waals surface area contributed by atoms with Crippen LogP contribution in [0.25, 0.3) is 0 Å². The van der Waals surface area contributed by atoms with Crippen molar-refractivity contribution in [1.29, 1.82) is 0 Å². The standard InChI is InChI=1S/C11H14OS/c1-8-11(5-6-13-8)9-3-2-4-10(12)7-9/h5-6,9H,2-4,7H2,1H3. The van der Waals surface area contributed by atoms with Gasteiger partial charge in [-0.25, -0.2) is 0 Å². The van der Waals surface area contributed by atoms with Gasteiger partial charge in [0.15, 0.2) is 0 Å². The molecule has 1 aliphatic carbocycles. The lowest BCUT2D eigenvalue weighted by Gasteiger charge is -2.20. The summed E-state index contributed by atoms with van der Waals surface area (Å²) in [6.45, 7) is 2.15. The van der Waals surface area contributed by atoms with E-state index < -0.39 is 0 Å². The van der Waals surface area contributed by atoms with Crippen LogP contribution in [0.15, 0.2) is 11.4 Å². The van der Waals surface area contributed by atoms with Crippen molar-refractivity contribution in [2.24, 2.45) is 0 Å². The predicted molar refractivity (Wildman–Crippen MR) is 55.3 cm³/mol. The van der Waals surface area contributed by atoms with Gasteiger partial charge in [-0.2, -0.15) is 0 Å². The monoisotopic (exact) mass is 194 g/mol. The topological polar surface area (TPSA) is 17.1 Å². The molecule has 1 unspecified atom stereocenters. The lowest BCUT2D eigenvalue weighted by Crippen LogP contribution is -2.13. The van der Waals surface area contributed by atoms with Crippen molar-refractivity contribution >= 4 is 17.1 Å². The molecule has 2 rings (SSSR count). The highest BCUT2D eigenvalue weighted by atomic mass is 32.1. The van der Waals surface area contributed by atoms with Gasteiger partial charge in [0.2, 0.25) is 0 Å². The Morgan fingerprint density at radius 2 is 2.38 bits per heavy atom. The largest absolute Gasteiger partial charge is 0.300 e. The molecule has 1 saturated carbocycles. The van der Waals surface area contributed by atoms with Gasteiger partial charge in [0.25, 0.3) is 0 Å². The molecule has 1 aliphatic rings. The molecule has 1 atom stereocenters. The maximum Gasteiger partial charge on any atom is 0.133 e. The van der Waals surface area contributed by atoms with E-state index in [4.69, 9.17) is 0 Å². The SMILES string of the molecule is Cc1sccc1C1CCCC(=O)C1. The van der Waals surface area contributed by atoms with E-state index >= 15 is 0 Å². The Kier molecular flexibility index (Phi) is 2.49. The van der Waals surface area contributed by atoms with E-state index in [0.717, 1.165) is 19.3 Å². The van der Waals surface area contributed by atoms with Crippen LogP contribution in [0.4, 0.5) is 0 Å². The zero-order valence-electron chi connectivity index (χ0n) is 7.88. The molecule has 0 aromatic carbocycles. The minimum absolute atomic E-state index is 0.446. The van der Waals surface area contributed by atoms with Crippen LogP contribution in [0.1, 0.15) is 42.0 Å². The Hall–Kier alpha value is -0.630. The number of hydrogen-bond donors (Lipinski definition) is 0. The average Bonchev–Trinajstić information content (AvgIpc) is 2.51. The smallest absolute Gasteiger partial charge is 0.133 e. The van der Waals surface area contributed by atoms with Crippen LogP contribution in [-0.2, 0) is 4.79 Å². The summed E-state index contributed by atoms with van der Waals surface area (Å²) in [5.41, 5.74) is 1.41. The Morgan fingerprint density at radius 3 is 3.00 bits per heavy atom. The summed E-state index contributed by atoms with van der Waals surface area (Å²) in [4.78, 5) is 12.7. The second-order valence-corrected chi connectivity index (χ2v) is 4.88. The summed E-state index contributed by atoms with van der Waals surface area (Å²) in [6.07, 6.45) is 3.86. The molecule has 70 valence electrons. The van der Waals surface area contributed by atoms with Gasteiger partial charge >= 0.3 is 0 Å². The quantitative estimate of drug-likeness (QED) is 0.670. The zero-order chi connectivity index (χ0) is 9.26. The average molecular weight is 194 g/mol. The maximum absolute atomic E-state index is 11.3.